The predicted molar refractivity (Wildman–Crippen MR) is 65.3 cm³/mol. The fourth-order valence-electron chi connectivity index (χ4n) is 2.04. The Hall–Kier alpha value is -1.97. The van der Waals surface area contributed by atoms with E-state index in [0.29, 0.717) is 6.01 Å². The normalized spacial score (nSPS) is 13.9. The fraction of sp³-hybridized carbons (Fsp3) is 0.308. The number of fused-ring (bicyclic) bond motifs is 1. The third kappa shape index (κ3) is 1.86. The molecule has 4 heteroatoms. The molecule has 2 aromatic rings. The van der Waals surface area contributed by atoms with Crippen molar-refractivity contribution in [3.63, 3.8) is 0 Å². The van der Waals surface area contributed by atoms with Crippen LogP contribution < -0.4 is 10.1 Å². The van der Waals surface area contributed by atoms with Crippen molar-refractivity contribution in [2.24, 2.45) is 0 Å². The molecule has 0 radical (unpaired) electrons. The topological polar surface area (TPSA) is 47.3 Å². The number of anilines is 1. The Labute approximate surface area is 99.6 Å². The largest absolute Gasteiger partial charge is 0.493 e. The van der Waals surface area contributed by atoms with Crippen LogP contribution in [-0.2, 0) is 6.42 Å². The molecule has 1 aromatic carbocycles. The molecule has 0 saturated carbocycles. The van der Waals surface area contributed by atoms with Gasteiger partial charge in [-0.25, -0.2) is 0 Å². The molecule has 0 fully saturated rings. The van der Waals surface area contributed by atoms with Crippen LogP contribution in [0.2, 0.25) is 0 Å². The van der Waals surface area contributed by atoms with E-state index in [2.05, 4.69) is 16.4 Å². The molecule has 0 spiro atoms. The minimum Gasteiger partial charge on any atom is -0.493 e. The Balaban J connectivity index is 1.97. The molecule has 0 amide bonds. The number of nitrogens with zero attached hydrogens (tertiary/aromatic N) is 1. The van der Waals surface area contributed by atoms with E-state index in [1.165, 1.54) is 5.56 Å². The SMILES string of the molecule is CNc1nc(-c2ccc3c(c2)CCCO3)co1. The van der Waals surface area contributed by atoms with Crippen LogP contribution in [0.4, 0.5) is 6.01 Å². The van der Waals surface area contributed by atoms with Gasteiger partial charge in [-0.05, 0) is 36.6 Å². The maximum atomic E-state index is 5.58. The van der Waals surface area contributed by atoms with Gasteiger partial charge in [0.2, 0.25) is 0 Å². The fourth-order valence-corrected chi connectivity index (χ4v) is 2.04. The third-order valence-corrected chi connectivity index (χ3v) is 2.92. The van der Waals surface area contributed by atoms with Crippen molar-refractivity contribution in [3.8, 4) is 17.0 Å². The van der Waals surface area contributed by atoms with Crippen molar-refractivity contribution in [2.45, 2.75) is 12.8 Å². The number of aromatic nitrogens is 1. The van der Waals surface area contributed by atoms with Gasteiger partial charge in [-0.3, -0.25) is 0 Å². The van der Waals surface area contributed by atoms with E-state index >= 15 is 0 Å². The first-order valence-electron chi connectivity index (χ1n) is 5.76. The molecule has 1 N–H and O–H groups in total. The van der Waals surface area contributed by atoms with Gasteiger partial charge in [0.25, 0.3) is 6.01 Å². The van der Waals surface area contributed by atoms with Gasteiger partial charge in [0.1, 0.15) is 17.7 Å². The smallest absolute Gasteiger partial charge is 0.294 e. The lowest BCUT2D eigenvalue weighted by molar-refractivity contribution is 0.288. The van der Waals surface area contributed by atoms with Crippen molar-refractivity contribution in [1.82, 2.24) is 4.98 Å². The summed E-state index contributed by atoms with van der Waals surface area (Å²) in [6.07, 6.45) is 3.81. The second kappa shape index (κ2) is 4.13. The monoisotopic (exact) mass is 230 g/mol. The molecule has 88 valence electrons. The summed E-state index contributed by atoms with van der Waals surface area (Å²) >= 11 is 0. The Morgan fingerprint density at radius 3 is 3.12 bits per heavy atom. The average Bonchev–Trinajstić information content (AvgIpc) is 2.87. The van der Waals surface area contributed by atoms with Gasteiger partial charge >= 0.3 is 0 Å². The summed E-state index contributed by atoms with van der Waals surface area (Å²) in [5.74, 6) is 0.998. The van der Waals surface area contributed by atoms with Crippen LogP contribution in [0.25, 0.3) is 11.3 Å². The molecule has 1 aliphatic rings. The third-order valence-electron chi connectivity index (χ3n) is 2.92. The quantitative estimate of drug-likeness (QED) is 0.861. The molecule has 0 aliphatic carbocycles. The molecule has 0 unspecified atom stereocenters. The first kappa shape index (κ1) is 10.2. The molecule has 17 heavy (non-hydrogen) atoms. The van der Waals surface area contributed by atoms with Crippen molar-refractivity contribution in [1.29, 1.82) is 0 Å². The highest BCUT2D eigenvalue weighted by Crippen LogP contribution is 2.30. The Kier molecular flexibility index (Phi) is 2.48. The zero-order chi connectivity index (χ0) is 11.7. The van der Waals surface area contributed by atoms with Gasteiger partial charge < -0.3 is 14.5 Å². The van der Waals surface area contributed by atoms with Gasteiger partial charge in [0.05, 0.1) is 6.61 Å². The van der Waals surface area contributed by atoms with Gasteiger partial charge in [0.15, 0.2) is 0 Å². The van der Waals surface area contributed by atoms with Crippen molar-refractivity contribution >= 4 is 6.01 Å². The van der Waals surface area contributed by atoms with Crippen LogP contribution in [0.5, 0.6) is 5.75 Å². The van der Waals surface area contributed by atoms with Gasteiger partial charge in [-0.15, -0.1) is 0 Å². The highest BCUT2D eigenvalue weighted by atomic mass is 16.5. The van der Waals surface area contributed by atoms with Crippen LogP contribution in [0.1, 0.15) is 12.0 Å². The molecule has 0 saturated heterocycles. The molecular formula is C13H14N2O2. The van der Waals surface area contributed by atoms with Gasteiger partial charge in [-0.2, -0.15) is 4.98 Å². The van der Waals surface area contributed by atoms with Gasteiger partial charge in [-0.1, -0.05) is 0 Å². The van der Waals surface area contributed by atoms with E-state index in [1.54, 1.807) is 13.3 Å². The van der Waals surface area contributed by atoms with Gasteiger partial charge in [0, 0.05) is 12.6 Å². The number of benzene rings is 1. The zero-order valence-corrected chi connectivity index (χ0v) is 9.69. The molecule has 2 heterocycles. The lowest BCUT2D eigenvalue weighted by Crippen LogP contribution is -2.08. The van der Waals surface area contributed by atoms with E-state index in [1.807, 2.05) is 12.1 Å². The maximum absolute atomic E-state index is 5.58. The number of nitrogens with one attached hydrogen (secondary N) is 1. The lowest BCUT2D eigenvalue weighted by Gasteiger charge is -2.17. The predicted octanol–water partition coefficient (Wildman–Crippen LogP) is 2.71. The summed E-state index contributed by atoms with van der Waals surface area (Å²) in [7, 11) is 1.79. The maximum Gasteiger partial charge on any atom is 0.294 e. The highest BCUT2D eigenvalue weighted by molar-refractivity contribution is 5.62. The van der Waals surface area contributed by atoms with Crippen LogP contribution in [0.15, 0.2) is 28.9 Å². The number of oxazole rings is 1. The van der Waals surface area contributed by atoms with E-state index in [-0.39, 0.29) is 0 Å². The number of rotatable bonds is 2. The van der Waals surface area contributed by atoms with Crippen molar-refractivity contribution in [3.05, 3.63) is 30.0 Å². The zero-order valence-electron chi connectivity index (χ0n) is 9.69. The number of hydrogen-bond donors (Lipinski definition) is 1. The first-order chi connectivity index (χ1) is 8.36. The summed E-state index contributed by atoms with van der Waals surface area (Å²) in [4.78, 5) is 4.33. The molecule has 3 rings (SSSR count). The second-order valence-corrected chi connectivity index (χ2v) is 4.06. The second-order valence-electron chi connectivity index (χ2n) is 4.06. The minimum atomic E-state index is 0.536. The van der Waals surface area contributed by atoms with E-state index < -0.39 is 0 Å². The molecule has 0 bridgehead atoms. The van der Waals surface area contributed by atoms with Crippen molar-refractivity contribution in [2.75, 3.05) is 19.0 Å². The summed E-state index contributed by atoms with van der Waals surface area (Å²) in [5, 5.41) is 2.88. The molecular weight excluding hydrogens is 216 g/mol. The molecule has 4 nitrogen and oxygen atoms in total. The molecule has 1 aliphatic heterocycles. The average molecular weight is 230 g/mol. The Bertz CT molecular complexity index is 534. The minimum absolute atomic E-state index is 0.536. The number of ether oxygens (including phenoxy) is 1. The van der Waals surface area contributed by atoms with Crippen LogP contribution in [-0.4, -0.2) is 18.6 Å². The van der Waals surface area contributed by atoms with Crippen LogP contribution in [0.3, 0.4) is 0 Å². The summed E-state index contributed by atoms with van der Waals surface area (Å²) in [6.45, 7) is 0.820. The standard InChI is InChI=1S/C13H14N2O2/c1-14-13-15-11(8-17-13)9-4-5-12-10(7-9)3-2-6-16-12/h4-5,7-8H,2-3,6H2,1H3,(H,14,15). The number of aryl methyl sites for hydroxylation is 1. The summed E-state index contributed by atoms with van der Waals surface area (Å²) < 4.78 is 10.8. The van der Waals surface area contributed by atoms with E-state index in [0.717, 1.165) is 36.5 Å². The summed E-state index contributed by atoms with van der Waals surface area (Å²) in [5.41, 5.74) is 3.17. The first-order valence-corrected chi connectivity index (χ1v) is 5.76. The van der Waals surface area contributed by atoms with Crippen LogP contribution in [0, 0.1) is 0 Å². The Morgan fingerprint density at radius 2 is 2.29 bits per heavy atom. The lowest BCUT2D eigenvalue weighted by atomic mass is 10.0. The van der Waals surface area contributed by atoms with E-state index in [4.69, 9.17) is 9.15 Å². The van der Waals surface area contributed by atoms with Crippen LogP contribution >= 0.6 is 0 Å². The van der Waals surface area contributed by atoms with E-state index in [9.17, 15) is 0 Å². The number of hydrogen-bond acceptors (Lipinski definition) is 4. The molecule has 0 atom stereocenters. The molecule has 1 aromatic heterocycles. The highest BCUT2D eigenvalue weighted by Gasteiger charge is 2.12. The Morgan fingerprint density at radius 1 is 1.35 bits per heavy atom. The summed E-state index contributed by atoms with van der Waals surface area (Å²) in [6, 6.07) is 6.69. The van der Waals surface area contributed by atoms with Crippen molar-refractivity contribution < 1.29 is 9.15 Å².